The molecule has 6 nitrogen and oxygen atoms in total. The Morgan fingerprint density at radius 1 is 0.256 bits per heavy atom. The van der Waals surface area contributed by atoms with Crippen LogP contribution in [0.2, 0.25) is 0 Å². The van der Waals surface area contributed by atoms with Gasteiger partial charge in [-0.3, -0.25) is 14.4 Å². The van der Waals surface area contributed by atoms with E-state index in [0.29, 0.717) is 19.3 Å². The normalized spacial score (nSPS) is 12.7. The third-order valence-corrected chi connectivity index (χ3v) is 15.3. The van der Waals surface area contributed by atoms with E-state index in [-0.39, 0.29) is 31.1 Å². The van der Waals surface area contributed by atoms with E-state index in [1.165, 1.54) is 205 Å². The molecule has 0 rings (SSSR count). The summed E-state index contributed by atoms with van der Waals surface area (Å²) in [5.41, 5.74) is 0. The molecule has 0 amide bonds. The van der Waals surface area contributed by atoms with Crippen molar-refractivity contribution in [3.63, 3.8) is 0 Å². The first-order chi connectivity index (χ1) is 40.5. The lowest BCUT2D eigenvalue weighted by Crippen LogP contribution is -2.30. The molecule has 0 spiro atoms. The number of carbonyl (C=O) groups is 3. The molecule has 0 aromatic rings. The van der Waals surface area contributed by atoms with Crippen molar-refractivity contribution in [2.45, 2.75) is 354 Å². The minimum absolute atomic E-state index is 0.0825. The summed E-state index contributed by atoms with van der Waals surface area (Å²) in [7, 11) is 0. The summed E-state index contributed by atoms with van der Waals surface area (Å²) in [6, 6.07) is 0. The molecule has 82 heavy (non-hydrogen) atoms. The first-order valence-corrected chi connectivity index (χ1v) is 35.2. The van der Waals surface area contributed by atoms with Crippen molar-refractivity contribution >= 4 is 17.9 Å². The summed E-state index contributed by atoms with van der Waals surface area (Å²) in [6.07, 6.45) is 94.2. The van der Waals surface area contributed by atoms with E-state index in [2.05, 4.69) is 118 Å². The summed E-state index contributed by atoms with van der Waals surface area (Å²) >= 11 is 0. The maximum atomic E-state index is 13.0. The molecule has 6 heteroatoms. The predicted octanol–water partition coefficient (Wildman–Crippen LogP) is 24.4. The van der Waals surface area contributed by atoms with Gasteiger partial charge in [-0.2, -0.15) is 0 Å². The van der Waals surface area contributed by atoms with Crippen LogP contribution in [0.15, 0.2) is 97.2 Å². The van der Waals surface area contributed by atoms with Crippen molar-refractivity contribution < 1.29 is 28.6 Å². The fourth-order valence-corrected chi connectivity index (χ4v) is 10.0. The van der Waals surface area contributed by atoms with Gasteiger partial charge in [-0.15, -0.1) is 0 Å². The maximum absolute atomic E-state index is 13.0. The molecule has 0 bridgehead atoms. The lowest BCUT2D eigenvalue weighted by molar-refractivity contribution is -0.167. The van der Waals surface area contributed by atoms with Gasteiger partial charge in [0.1, 0.15) is 13.2 Å². The standard InChI is InChI=1S/C76H132O6/c1-4-7-10-13-16-19-22-25-28-31-33-35-37-38-40-41-43-45-48-51-54-57-60-63-66-69-75(78)81-72-73(71-80-74(77)68-65-62-59-56-53-50-47-30-27-24-21-18-15-12-9-6-3)82-76(79)70-67-64-61-58-55-52-49-46-44-42-39-36-34-32-29-26-23-20-17-14-11-8-5-2/h8,11,17,20,22,25-26,29-31,33-34,36-38,47,73H,4-7,9-10,12-16,18-19,21,23-24,27-28,32,35,39-46,48-72H2,1-3H3/b11-8-,20-17-,25-22-,29-26-,33-31-,36-34-,38-37-,47-30-. The van der Waals surface area contributed by atoms with E-state index in [1.807, 2.05) is 0 Å². The minimum atomic E-state index is -0.788. The van der Waals surface area contributed by atoms with Crippen LogP contribution < -0.4 is 0 Å². The number of esters is 3. The van der Waals surface area contributed by atoms with Crippen LogP contribution in [0.1, 0.15) is 348 Å². The third kappa shape index (κ3) is 67.1. The first kappa shape index (κ1) is 78.3. The largest absolute Gasteiger partial charge is 0.462 e. The van der Waals surface area contributed by atoms with E-state index in [1.54, 1.807) is 0 Å². The van der Waals surface area contributed by atoms with Gasteiger partial charge in [-0.25, -0.2) is 0 Å². The van der Waals surface area contributed by atoms with Crippen LogP contribution in [0.3, 0.4) is 0 Å². The van der Waals surface area contributed by atoms with Crippen molar-refractivity contribution in [2.75, 3.05) is 13.2 Å². The fraction of sp³-hybridized carbons (Fsp3) is 0.750. The topological polar surface area (TPSA) is 78.9 Å². The lowest BCUT2D eigenvalue weighted by atomic mass is 10.0. The number of unbranched alkanes of at least 4 members (excludes halogenated alkanes) is 37. The summed E-state index contributed by atoms with van der Waals surface area (Å²) in [5.74, 6) is -0.883. The summed E-state index contributed by atoms with van der Waals surface area (Å²) < 4.78 is 17.0. The monoisotopic (exact) mass is 1140 g/mol. The van der Waals surface area contributed by atoms with Crippen LogP contribution in [0.5, 0.6) is 0 Å². The molecule has 0 fully saturated rings. The van der Waals surface area contributed by atoms with Crippen LogP contribution in [0.25, 0.3) is 0 Å². The molecular formula is C76H132O6. The van der Waals surface area contributed by atoms with Crippen molar-refractivity contribution in [1.29, 1.82) is 0 Å². The Labute approximate surface area is 508 Å². The molecule has 1 atom stereocenters. The average Bonchev–Trinajstić information content (AvgIpc) is 3.47. The number of hydrogen-bond donors (Lipinski definition) is 0. The Morgan fingerprint density at radius 3 is 0.756 bits per heavy atom. The van der Waals surface area contributed by atoms with Gasteiger partial charge in [0.2, 0.25) is 0 Å². The maximum Gasteiger partial charge on any atom is 0.306 e. The van der Waals surface area contributed by atoms with Crippen molar-refractivity contribution in [2.24, 2.45) is 0 Å². The van der Waals surface area contributed by atoms with Gasteiger partial charge in [-0.1, -0.05) is 304 Å². The zero-order valence-corrected chi connectivity index (χ0v) is 54.2. The van der Waals surface area contributed by atoms with Gasteiger partial charge in [0.15, 0.2) is 6.10 Å². The van der Waals surface area contributed by atoms with Crippen molar-refractivity contribution in [1.82, 2.24) is 0 Å². The van der Waals surface area contributed by atoms with Gasteiger partial charge in [0, 0.05) is 19.3 Å². The fourth-order valence-electron chi connectivity index (χ4n) is 10.0. The number of hydrogen-bond acceptors (Lipinski definition) is 6. The molecule has 0 aromatic carbocycles. The molecule has 0 aliphatic heterocycles. The summed E-state index contributed by atoms with van der Waals surface area (Å²) in [5, 5.41) is 0. The molecule has 0 heterocycles. The third-order valence-electron chi connectivity index (χ3n) is 15.3. The van der Waals surface area contributed by atoms with Gasteiger partial charge in [-0.05, 0) is 122 Å². The van der Waals surface area contributed by atoms with Crippen molar-refractivity contribution in [3.05, 3.63) is 97.2 Å². The van der Waals surface area contributed by atoms with Gasteiger partial charge < -0.3 is 14.2 Å². The first-order valence-electron chi connectivity index (χ1n) is 35.2. The highest BCUT2D eigenvalue weighted by atomic mass is 16.6. The number of allylic oxidation sites excluding steroid dienone is 16. The van der Waals surface area contributed by atoms with Gasteiger partial charge in [0.05, 0.1) is 0 Å². The molecule has 0 radical (unpaired) electrons. The molecule has 0 aliphatic carbocycles. The van der Waals surface area contributed by atoms with Crippen LogP contribution >= 0.6 is 0 Å². The molecule has 0 N–H and O–H groups in total. The molecule has 0 aliphatic rings. The molecular weight excluding hydrogens is 1010 g/mol. The van der Waals surface area contributed by atoms with Gasteiger partial charge >= 0.3 is 17.9 Å². The molecule has 0 saturated heterocycles. The second-order valence-corrected chi connectivity index (χ2v) is 23.4. The zero-order chi connectivity index (χ0) is 59.2. The van der Waals surface area contributed by atoms with E-state index in [0.717, 1.165) is 103 Å². The molecule has 472 valence electrons. The smallest absolute Gasteiger partial charge is 0.306 e. The predicted molar refractivity (Wildman–Crippen MR) is 357 cm³/mol. The minimum Gasteiger partial charge on any atom is -0.462 e. The number of carbonyl (C=O) groups excluding carboxylic acids is 3. The van der Waals surface area contributed by atoms with Crippen LogP contribution in [-0.4, -0.2) is 37.2 Å². The summed E-state index contributed by atoms with van der Waals surface area (Å²) in [6.45, 7) is 6.54. The second-order valence-electron chi connectivity index (χ2n) is 23.4. The van der Waals surface area contributed by atoms with E-state index in [9.17, 15) is 14.4 Å². The summed E-state index contributed by atoms with van der Waals surface area (Å²) in [4.78, 5) is 38.5. The number of rotatable bonds is 64. The van der Waals surface area contributed by atoms with Crippen LogP contribution in [0, 0.1) is 0 Å². The highest BCUT2D eigenvalue weighted by Crippen LogP contribution is 2.17. The zero-order valence-electron chi connectivity index (χ0n) is 54.2. The highest BCUT2D eigenvalue weighted by Gasteiger charge is 2.19. The number of ether oxygens (including phenoxy) is 3. The molecule has 1 unspecified atom stereocenters. The Bertz CT molecular complexity index is 1590. The van der Waals surface area contributed by atoms with E-state index >= 15 is 0 Å². The lowest BCUT2D eigenvalue weighted by Gasteiger charge is -2.18. The van der Waals surface area contributed by atoms with Crippen LogP contribution in [0.4, 0.5) is 0 Å². The second kappa shape index (κ2) is 69.8. The van der Waals surface area contributed by atoms with Gasteiger partial charge in [0.25, 0.3) is 0 Å². The molecule has 0 aromatic heterocycles. The van der Waals surface area contributed by atoms with E-state index < -0.39 is 6.10 Å². The molecule has 0 saturated carbocycles. The Balaban J connectivity index is 4.36. The van der Waals surface area contributed by atoms with E-state index in [4.69, 9.17) is 14.2 Å². The van der Waals surface area contributed by atoms with Crippen molar-refractivity contribution in [3.8, 4) is 0 Å². The SMILES string of the molecule is CC/C=C\C/C=C\C/C=C\C/C=C\CCCCCCCCCCCCC(=O)OC(COC(=O)CCCCCCC/C=C\CCCCCCCCC)COC(=O)CCCCCCCCCCCC/C=C\C/C=C\C/C=C\CCCCCCC. The Hall–Kier alpha value is -3.67. The Morgan fingerprint density at radius 2 is 0.476 bits per heavy atom. The average molecular weight is 1140 g/mol. The quantitative estimate of drug-likeness (QED) is 0.0261. The highest BCUT2D eigenvalue weighted by molar-refractivity contribution is 5.71. The Kier molecular flexibility index (Phi) is 66.7. The van der Waals surface area contributed by atoms with Crippen LogP contribution in [-0.2, 0) is 28.6 Å².